The van der Waals surface area contributed by atoms with Crippen molar-refractivity contribution in [3.05, 3.63) is 10.6 Å². The van der Waals surface area contributed by atoms with Gasteiger partial charge in [0, 0.05) is 23.5 Å². The van der Waals surface area contributed by atoms with Gasteiger partial charge in [0.25, 0.3) is 0 Å². The second-order valence-corrected chi connectivity index (χ2v) is 8.18. The lowest BCUT2D eigenvalue weighted by molar-refractivity contribution is 0.168. The quantitative estimate of drug-likeness (QED) is 0.817. The molecule has 5 nitrogen and oxygen atoms in total. The molecule has 1 aromatic rings. The third-order valence-electron chi connectivity index (χ3n) is 5.47. The van der Waals surface area contributed by atoms with Crippen LogP contribution in [0.25, 0.3) is 0 Å². The first-order valence-corrected chi connectivity index (χ1v) is 9.90. The fourth-order valence-corrected chi connectivity index (χ4v) is 5.30. The molecule has 2 saturated heterocycles. The number of hydrogen-bond acceptors (Lipinski definition) is 4. The SMILES string of the molecule is O=C(Nc1nc2c(s1)CCCCC2)N[C@H]1CCN2CCC[C@H]2C1. The predicted octanol–water partition coefficient (Wildman–Crippen LogP) is 3.16. The van der Waals surface area contributed by atoms with E-state index >= 15 is 0 Å². The normalized spacial score (nSPS) is 27.8. The van der Waals surface area contributed by atoms with Gasteiger partial charge in [-0.1, -0.05) is 6.42 Å². The molecule has 1 aromatic heterocycles. The highest BCUT2D eigenvalue weighted by molar-refractivity contribution is 7.15. The molecule has 2 N–H and O–H groups in total. The first-order valence-electron chi connectivity index (χ1n) is 9.08. The average Bonchev–Trinajstić information content (AvgIpc) is 3.08. The summed E-state index contributed by atoms with van der Waals surface area (Å²) in [6, 6.07) is 0.919. The Morgan fingerprint density at radius 2 is 2.04 bits per heavy atom. The average molecular weight is 334 g/mol. The molecule has 2 aliphatic heterocycles. The molecule has 0 spiro atoms. The van der Waals surface area contributed by atoms with Crippen LogP contribution in [0.3, 0.4) is 0 Å². The Kier molecular flexibility index (Phi) is 4.53. The van der Waals surface area contributed by atoms with Crippen molar-refractivity contribution in [1.29, 1.82) is 0 Å². The van der Waals surface area contributed by atoms with Crippen molar-refractivity contribution in [2.75, 3.05) is 18.4 Å². The predicted molar refractivity (Wildman–Crippen MR) is 93.1 cm³/mol. The molecule has 1 aliphatic carbocycles. The van der Waals surface area contributed by atoms with Gasteiger partial charge in [-0.05, 0) is 57.9 Å². The van der Waals surface area contributed by atoms with Gasteiger partial charge in [0.05, 0.1) is 5.69 Å². The molecule has 0 radical (unpaired) electrons. The Hall–Kier alpha value is -1.14. The minimum absolute atomic E-state index is 0.0784. The molecule has 4 rings (SSSR count). The maximum Gasteiger partial charge on any atom is 0.321 e. The summed E-state index contributed by atoms with van der Waals surface area (Å²) < 4.78 is 0. The van der Waals surface area contributed by atoms with Crippen molar-refractivity contribution in [3.8, 4) is 0 Å². The summed E-state index contributed by atoms with van der Waals surface area (Å²) in [4.78, 5) is 20.9. The fourth-order valence-electron chi connectivity index (χ4n) is 4.26. The number of urea groups is 1. The van der Waals surface area contributed by atoms with E-state index in [-0.39, 0.29) is 6.03 Å². The lowest BCUT2D eigenvalue weighted by Crippen LogP contribution is -2.48. The van der Waals surface area contributed by atoms with Crippen LogP contribution in [0.4, 0.5) is 9.93 Å². The number of aryl methyl sites for hydroxylation is 2. The Balaban J connectivity index is 1.31. The van der Waals surface area contributed by atoms with Gasteiger partial charge in [-0.2, -0.15) is 0 Å². The smallest absolute Gasteiger partial charge is 0.321 e. The number of nitrogens with zero attached hydrogens (tertiary/aromatic N) is 2. The molecule has 3 aliphatic rings. The van der Waals surface area contributed by atoms with Crippen LogP contribution < -0.4 is 10.6 Å². The number of hydrogen-bond donors (Lipinski definition) is 2. The lowest BCUT2D eigenvalue weighted by Gasteiger charge is -2.35. The van der Waals surface area contributed by atoms with Gasteiger partial charge in [-0.3, -0.25) is 5.32 Å². The molecule has 0 aromatic carbocycles. The van der Waals surface area contributed by atoms with Gasteiger partial charge in [0.2, 0.25) is 0 Å². The molecule has 2 amide bonds. The van der Waals surface area contributed by atoms with E-state index in [0.717, 1.165) is 37.4 Å². The number of nitrogens with one attached hydrogen (secondary N) is 2. The number of amides is 2. The summed E-state index contributed by atoms with van der Waals surface area (Å²) in [6.45, 7) is 2.37. The Labute approximate surface area is 141 Å². The Morgan fingerprint density at radius 1 is 1.13 bits per heavy atom. The zero-order chi connectivity index (χ0) is 15.6. The second kappa shape index (κ2) is 6.77. The van der Waals surface area contributed by atoms with Gasteiger partial charge in [-0.15, -0.1) is 11.3 Å². The van der Waals surface area contributed by atoms with Gasteiger partial charge in [-0.25, -0.2) is 9.78 Å². The highest BCUT2D eigenvalue weighted by Gasteiger charge is 2.32. The van der Waals surface area contributed by atoms with Crippen LogP contribution in [0.2, 0.25) is 0 Å². The van der Waals surface area contributed by atoms with Crippen molar-refractivity contribution >= 4 is 22.5 Å². The van der Waals surface area contributed by atoms with E-state index < -0.39 is 0 Å². The van der Waals surface area contributed by atoms with Gasteiger partial charge >= 0.3 is 6.03 Å². The van der Waals surface area contributed by atoms with Crippen LogP contribution in [0, 0.1) is 0 Å². The minimum Gasteiger partial charge on any atom is -0.335 e. The van der Waals surface area contributed by atoms with Crippen LogP contribution in [0.1, 0.15) is 55.5 Å². The first kappa shape index (κ1) is 15.4. The van der Waals surface area contributed by atoms with E-state index in [2.05, 4.69) is 20.5 Å². The van der Waals surface area contributed by atoms with Gasteiger partial charge in [0.15, 0.2) is 5.13 Å². The van der Waals surface area contributed by atoms with E-state index in [1.807, 2.05) is 0 Å². The third-order valence-corrected chi connectivity index (χ3v) is 6.54. The third kappa shape index (κ3) is 3.53. The first-order chi connectivity index (χ1) is 11.3. The van der Waals surface area contributed by atoms with Crippen molar-refractivity contribution in [1.82, 2.24) is 15.2 Å². The number of thiazole rings is 1. The molecule has 3 heterocycles. The van der Waals surface area contributed by atoms with Crippen LogP contribution in [0.15, 0.2) is 0 Å². The van der Waals surface area contributed by atoms with E-state index in [1.54, 1.807) is 11.3 Å². The molecule has 23 heavy (non-hydrogen) atoms. The molecular weight excluding hydrogens is 308 g/mol. The van der Waals surface area contributed by atoms with Crippen molar-refractivity contribution in [2.45, 2.75) is 69.9 Å². The van der Waals surface area contributed by atoms with E-state index in [9.17, 15) is 4.79 Å². The van der Waals surface area contributed by atoms with Crippen LogP contribution in [0.5, 0.6) is 0 Å². The standard InChI is InChI=1S/C17H26N4OS/c22-16(18-12-8-10-21-9-4-5-13(21)11-12)20-17-19-14-6-2-1-3-7-15(14)23-17/h12-13H,1-11H2,(H2,18,19,20,22)/t12-,13-/m0/s1. The largest absolute Gasteiger partial charge is 0.335 e. The van der Waals surface area contributed by atoms with Crippen molar-refractivity contribution in [3.63, 3.8) is 0 Å². The minimum atomic E-state index is -0.0784. The summed E-state index contributed by atoms with van der Waals surface area (Å²) in [6.07, 6.45) is 10.7. The second-order valence-electron chi connectivity index (χ2n) is 7.10. The fraction of sp³-hybridized carbons (Fsp3) is 0.765. The van der Waals surface area contributed by atoms with Crippen LogP contribution in [-0.4, -0.2) is 41.1 Å². The number of anilines is 1. The van der Waals surface area contributed by atoms with Crippen molar-refractivity contribution < 1.29 is 4.79 Å². The van der Waals surface area contributed by atoms with Crippen LogP contribution in [-0.2, 0) is 12.8 Å². The number of aromatic nitrogens is 1. The summed E-state index contributed by atoms with van der Waals surface area (Å²) >= 11 is 1.66. The summed E-state index contributed by atoms with van der Waals surface area (Å²) in [5, 5.41) is 6.90. The number of fused-ring (bicyclic) bond motifs is 2. The molecule has 0 saturated carbocycles. The van der Waals surface area contributed by atoms with Crippen molar-refractivity contribution in [2.24, 2.45) is 0 Å². The van der Waals surface area contributed by atoms with E-state index in [1.165, 1.54) is 49.2 Å². The zero-order valence-electron chi connectivity index (χ0n) is 13.6. The molecule has 126 valence electrons. The number of piperidine rings is 1. The topological polar surface area (TPSA) is 57.3 Å². The van der Waals surface area contributed by atoms with Gasteiger partial charge < -0.3 is 10.2 Å². The molecule has 0 bridgehead atoms. The Morgan fingerprint density at radius 3 is 3.00 bits per heavy atom. The maximum atomic E-state index is 12.3. The highest BCUT2D eigenvalue weighted by atomic mass is 32.1. The molecule has 2 fully saturated rings. The summed E-state index contributed by atoms with van der Waals surface area (Å²) in [5.41, 5.74) is 1.21. The number of carbonyl (C=O) groups is 1. The van der Waals surface area contributed by atoms with Crippen LogP contribution >= 0.6 is 11.3 Å². The lowest BCUT2D eigenvalue weighted by atomic mass is 9.98. The van der Waals surface area contributed by atoms with E-state index in [0.29, 0.717) is 12.1 Å². The number of rotatable bonds is 2. The molecular formula is C17H26N4OS. The Bertz CT molecular complexity index is 549. The van der Waals surface area contributed by atoms with E-state index in [4.69, 9.17) is 0 Å². The number of carbonyl (C=O) groups excluding carboxylic acids is 1. The monoisotopic (exact) mass is 334 g/mol. The molecule has 0 unspecified atom stereocenters. The highest BCUT2D eigenvalue weighted by Crippen LogP contribution is 2.29. The summed E-state index contributed by atoms with van der Waals surface area (Å²) in [7, 11) is 0. The maximum absolute atomic E-state index is 12.3. The molecule has 2 atom stereocenters. The molecule has 6 heteroatoms. The summed E-state index contributed by atoms with van der Waals surface area (Å²) in [5.74, 6) is 0. The van der Waals surface area contributed by atoms with Gasteiger partial charge in [0.1, 0.15) is 0 Å². The zero-order valence-corrected chi connectivity index (χ0v) is 14.5.